The minimum atomic E-state index is -1.08. The molecule has 42 heavy (non-hydrogen) atoms. The molecular formula is C33H40N2O7. The van der Waals surface area contributed by atoms with E-state index < -0.39 is 42.0 Å². The number of cyclic esters (lactones) is 2. The molecule has 0 saturated carbocycles. The van der Waals surface area contributed by atoms with E-state index in [1.807, 2.05) is 81.4 Å². The van der Waals surface area contributed by atoms with Crippen molar-refractivity contribution in [3.05, 3.63) is 83.9 Å². The maximum atomic E-state index is 13.3. The molecule has 2 heterocycles. The predicted molar refractivity (Wildman–Crippen MR) is 156 cm³/mol. The smallest absolute Gasteiger partial charge is 0.347 e. The third-order valence-corrected chi connectivity index (χ3v) is 7.43. The third kappa shape index (κ3) is 9.01. The fourth-order valence-electron chi connectivity index (χ4n) is 5.08. The Morgan fingerprint density at radius 1 is 0.905 bits per heavy atom. The second-order valence-corrected chi connectivity index (χ2v) is 11.3. The van der Waals surface area contributed by atoms with Gasteiger partial charge in [0.05, 0.1) is 12.5 Å². The zero-order chi connectivity index (χ0) is 30.1. The average molecular weight is 577 g/mol. The van der Waals surface area contributed by atoms with Crippen molar-refractivity contribution >= 4 is 23.8 Å². The number of benzene rings is 2. The van der Waals surface area contributed by atoms with Gasteiger partial charge in [-0.3, -0.25) is 14.4 Å². The van der Waals surface area contributed by atoms with Crippen LogP contribution in [0.3, 0.4) is 0 Å². The number of carbonyl (C=O) groups excluding carboxylic acids is 4. The van der Waals surface area contributed by atoms with E-state index in [0.717, 1.165) is 11.1 Å². The summed E-state index contributed by atoms with van der Waals surface area (Å²) < 4.78 is 17.5. The van der Waals surface area contributed by atoms with E-state index in [2.05, 4.69) is 10.6 Å². The first-order valence-electron chi connectivity index (χ1n) is 14.6. The Kier molecular flexibility index (Phi) is 10.9. The minimum Gasteiger partial charge on any atom is -0.459 e. The van der Waals surface area contributed by atoms with Gasteiger partial charge in [0.25, 0.3) is 0 Å². The van der Waals surface area contributed by atoms with E-state index in [1.54, 1.807) is 6.08 Å². The summed E-state index contributed by atoms with van der Waals surface area (Å²) in [5.74, 6) is -2.26. The second-order valence-electron chi connectivity index (χ2n) is 11.3. The van der Waals surface area contributed by atoms with Crippen LogP contribution in [0.25, 0.3) is 0 Å². The number of epoxide rings is 1. The maximum Gasteiger partial charge on any atom is 0.347 e. The highest BCUT2D eigenvalue weighted by Gasteiger charge is 2.47. The van der Waals surface area contributed by atoms with Crippen LogP contribution in [0.5, 0.6) is 0 Å². The molecule has 0 aromatic heterocycles. The van der Waals surface area contributed by atoms with Crippen molar-refractivity contribution in [1.82, 2.24) is 10.6 Å². The molecule has 0 spiro atoms. The molecule has 2 aliphatic heterocycles. The third-order valence-electron chi connectivity index (χ3n) is 7.43. The molecule has 224 valence electrons. The molecule has 1 saturated heterocycles. The molecule has 2 aliphatic rings. The zero-order valence-electron chi connectivity index (χ0n) is 24.4. The van der Waals surface area contributed by atoms with Crippen molar-refractivity contribution in [2.24, 2.45) is 11.8 Å². The number of esters is 2. The predicted octanol–water partition coefficient (Wildman–Crippen LogP) is 3.83. The minimum absolute atomic E-state index is 0.00232. The van der Waals surface area contributed by atoms with Crippen LogP contribution in [0.4, 0.5) is 0 Å². The highest BCUT2D eigenvalue weighted by atomic mass is 16.6. The van der Waals surface area contributed by atoms with Gasteiger partial charge in [-0.15, -0.1) is 0 Å². The number of hydrogen-bond acceptors (Lipinski definition) is 7. The van der Waals surface area contributed by atoms with Gasteiger partial charge in [-0.05, 0) is 29.5 Å². The van der Waals surface area contributed by atoms with Crippen molar-refractivity contribution in [2.45, 2.75) is 76.9 Å². The van der Waals surface area contributed by atoms with Crippen LogP contribution in [0.2, 0.25) is 0 Å². The first-order chi connectivity index (χ1) is 20.2. The van der Waals surface area contributed by atoms with E-state index in [1.165, 1.54) is 6.08 Å². The molecule has 0 aliphatic carbocycles. The van der Waals surface area contributed by atoms with Crippen LogP contribution >= 0.6 is 0 Å². The van der Waals surface area contributed by atoms with Gasteiger partial charge in [-0.25, -0.2) is 4.79 Å². The van der Waals surface area contributed by atoms with Crippen molar-refractivity contribution < 1.29 is 33.4 Å². The molecule has 2 amide bonds. The van der Waals surface area contributed by atoms with E-state index in [-0.39, 0.29) is 49.9 Å². The Hall–Kier alpha value is -3.98. The number of carbonyl (C=O) groups is 4. The lowest BCUT2D eigenvalue weighted by atomic mass is 9.93. The van der Waals surface area contributed by atoms with Gasteiger partial charge in [0, 0.05) is 25.3 Å². The summed E-state index contributed by atoms with van der Waals surface area (Å²) >= 11 is 0. The summed E-state index contributed by atoms with van der Waals surface area (Å²) in [7, 11) is 0. The standard InChI is InChI=1S/C33H40N2O7/c1-21(2)19-27-33(39)41-26(22(3)30-31(42-30)24-13-8-5-9-14-24)15-10-16-28(36)35-25(20-23-11-6-4-7-12-23)32(38)34-18-17-29(37)40-27/h4-14,16,21-22,25-27,30-31H,15,17-20H2,1-3H3,(H,34,38)(H,35,36)/b16-10+/t22-,25+,26-,27-,30+,31+/m0/s1. The lowest BCUT2D eigenvalue weighted by Gasteiger charge is -2.26. The largest absolute Gasteiger partial charge is 0.459 e. The Bertz CT molecular complexity index is 1250. The molecule has 2 N–H and O–H groups in total. The highest BCUT2D eigenvalue weighted by Crippen LogP contribution is 2.45. The van der Waals surface area contributed by atoms with Crippen LogP contribution in [0, 0.1) is 11.8 Å². The maximum absolute atomic E-state index is 13.3. The molecular weight excluding hydrogens is 536 g/mol. The number of rotatable bonds is 7. The van der Waals surface area contributed by atoms with Crippen LogP contribution in [0.15, 0.2) is 72.8 Å². The Morgan fingerprint density at radius 2 is 1.60 bits per heavy atom. The number of hydrogen-bond donors (Lipinski definition) is 2. The van der Waals surface area contributed by atoms with Crippen LogP contribution in [0.1, 0.15) is 57.3 Å². The summed E-state index contributed by atoms with van der Waals surface area (Å²) in [6.07, 6.45) is 1.66. The van der Waals surface area contributed by atoms with Gasteiger partial charge in [0.2, 0.25) is 11.8 Å². The van der Waals surface area contributed by atoms with Crippen LogP contribution in [-0.4, -0.2) is 54.7 Å². The lowest BCUT2D eigenvalue weighted by Crippen LogP contribution is -2.48. The van der Waals surface area contributed by atoms with E-state index in [0.29, 0.717) is 6.42 Å². The number of amides is 2. The van der Waals surface area contributed by atoms with E-state index in [9.17, 15) is 19.2 Å². The molecule has 0 bridgehead atoms. The van der Waals surface area contributed by atoms with E-state index in [4.69, 9.17) is 14.2 Å². The van der Waals surface area contributed by atoms with E-state index >= 15 is 0 Å². The molecule has 2 aromatic carbocycles. The van der Waals surface area contributed by atoms with Crippen LogP contribution < -0.4 is 10.6 Å². The summed E-state index contributed by atoms with van der Waals surface area (Å²) in [4.78, 5) is 51.9. The lowest BCUT2D eigenvalue weighted by molar-refractivity contribution is -0.174. The Labute approximate surface area is 247 Å². The van der Waals surface area contributed by atoms with Gasteiger partial charge < -0.3 is 24.8 Å². The highest BCUT2D eigenvalue weighted by molar-refractivity contribution is 5.93. The zero-order valence-corrected chi connectivity index (χ0v) is 24.4. The first kappa shape index (κ1) is 31.0. The monoisotopic (exact) mass is 576 g/mol. The van der Waals surface area contributed by atoms with Crippen molar-refractivity contribution in [2.75, 3.05) is 6.54 Å². The molecule has 1 fully saturated rings. The van der Waals surface area contributed by atoms with Crippen LogP contribution in [-0.2, 0) is 39.8 Å². The quantitative estimate of drug-likeness (QED) is 0.379. The molecule has 6 atom stereocenters. The van der Waals surface area contributed by atoms with Gasteiger partial charge in [-0.1, -0.05) is 87.5 Å². The molecule has 0 unspecified atom stereocenters. The Balaban J connectivity index is 1.54. The van der Waals surface area contributed by atoms with Crippen molar-refractivity contribution in [1.29, 1.82) is 0 Å². The SMILES string of the molecule is CC(C)C[C@@H]1OC(=O)CCNC(=O)[C@@H](Cc2ccccc2)NC(=O)/C=C/C[C@@H]([C@H](C)[C@H]2O[C@@H]2c2ccccc2)OC1=O. The van der Waals surface area contributed by atoms with Gasteiger partial charge in [0.1, 0.15) is 18.2 Å². The normalized spacial score (nSPS) is 27.3. The fourth-order valence-corrected chi connectivity index (χ4v) is 5.08. The molecule has 4 rings (SSSR count). The fraction of sp³-hybridized carbons (Fsp3) is 0.455. The Morgan fingerprint density at radius 3 is 2.29 bits per heavy atom. The van der Waals surface area contributed by atoms with Crippen molar-refractivity contribution in [3.8, 4) is 0 Å². The average Bonchev–Trinajstić information content (AvgIpc) is 3.77. The molecule has 0 radical (unpaired) electrons. The number of ether oxygens (including phenoxy) is 3. The summed E-state index contributed by atoms with van der Waals surface area (Å²) in [5, 5.41) is 5.47. The first-order valence-corrected chi connectivity index (χ1v) is 14.6. The molecule has 9 heteroatoms. The summed E-state index contributed by atoms with van der Waals surface area (Å²) in [6.45, 7) is 5.80. The van der Waals surface area contributed by atoms with Gasteiger partial charge in [-0.2, -0.15) is 0 Å². The summed E-state index contributed by atoms with van der Waals surface area (Å²) in [5.41, 5.74) is 1.92. The van der Waals surface area contributed by atoms with Crippen molar-refractivity contribution in [3.63, 3.8) is 0 Å². The molecule has 2 aromatic rings. The summed E-state index contributed by atoms with van der Waals surface area (Å²) in [6, 6.07) is 18.3. The molecule has 9 nitrogen and oxygen atoms in total. The van der Waals surface area contributed by atoms with Gasteiger partial charge >= 0.3 is 11.9 Å². The van der Waals surface area contributed by atoms with Gasteiger partial charge in [0.15, 0.2) is 6.10 Å². The second kappa shape index (κ2) is 14.8. The number of nitrogens with one attached hydrogen (secondary N) is 2. The topological polar surface area (TPSA) is 123 Å².